The fraction of sp³-hybridized carbons (Fsp3) is 0.591. The van der Waals surface area contributed by atoms with Crippen molar-refractivity contribution in [2.24, 2.45) is 15.7 Å². The largest absolute Gasteiger partial charge is 0.369 e. The molecule has 1 aromatic heterocycles. The average molecular weight is 414 g/mol. The number of aliphatic imine (C=N–C) groups is 2. The summed E-state index contributed by atoms with van der Waals surface area (Å²) in [6.45, 7) is 6.91. The molecule has 30 heavy (non-hydrogen) atoms. The monoisotopic (exact) mass is 413 g/mol. The minimum absolute atomic E-state index is 0.0145. The van der Waals surface area contributed by atoms with Gasteiger partial charge in [-0.15, -0.1) is 0 Å². The van der Waals surface area contributed by atoms with Crippen molar-refractivity contribution >= 4 is 23.6 Å². The summed E-state index contributed by atoms with van der Waals surface area (Å²) in [4.78, 5) is 36.3. The van der Waals surface area contributed by atoms with Gasteiger partial charge in [-0.1, -0.05) is 32.6 Å². The van der Waals surface area contributed by atoms with E-state index in [0.717, 1.165) is 13.0 Å². The van der Waals surface area contributed by atoms with Crippen LogP contribution in [0.4, 0.5) is 0 Å². The van der Waals surface area contributed by atoms with Crippen molar-refractivity contribution in [1.82, 2.24) is 10.2 Å². The molecule has 3 atom stereocenters. The van der Waals surface area contributed by atoms with Crippen molar-refractivity contribution in [2.75, 3.05) is 0 Å². The van der Waals surface area contributed by atoms with E-state index in [-0.39, 0.29) is 29.9 Å². The van der Waals surface area contributed by atoms with Gasteiger partial charge < -0.3 is 10.6 Å². The summed E-state index contributed by atoms with van der Waals surface area (Å²) in [5.74, 6) is -0.258. The Morgan fingerprint density at radius 3 is 2.73 bits per heavy atom. The second kappa shape index (κ2) is 9.82. The first-order valence-corrected chi connectivity index (χ1v) is 11.0. The molecule has 3 unspecified atom stereocenters. The lowest BCUT2D eigenvalue weighted by atomic mass is 10.00. The van der Waals surface area contributed by atoms with Crippen molar-refractivity contribution in [2.45, 2.75) is 84.0 Å². The molecule has 8 heteroatoms. The third kappa shape index (κ3) is 4.86. The van der Waals surface area contributed by atoms with Gasteiger partial charge in [-0.25, -0.2) is 4.57 Å². The molecule has 0 radical (unpaired) electrons. The molecule has 3 N–H and O–H groups in total. The molecule has 0 fully saturated rings. The lowest BCUT2D eigenvalue weighted by Gasteiger charge is -2.41. The number of amides is 2. The number of nitrogens with zero attached hydrogens (tertiary/aromatic N) is 4. The molecule has 0 aromatic carbocycles. The molecule has 8 nitrogen and oxygen atoms in total. The predicted octanol–water partition coefficient (Wildman–Crippen LogP) is 1.78. The average Bonchev–Trinajstić information content (AvgIpc) is 2.71. The van der Waals surface area contributed by atoms with Crippen molar-refractivity contribution in [3.05, 3.63) is 30.1 Å². The number of fused-ring (bicyclic) bond motifs is 1. The molecule has 0 saturated heterocycles. The molecule has 1 aromatic rings. The van der Waals surface area contributed by atoms with E-state index in [0.29, 0.717) is 11.4 Å². The lowest BCUT2D eigenvalue weighted by Crippen LogP contribution is -2.65. The van der Waals surface area contributed by atoms with Crippen LogP contribution in [0.15, 0.2) is 34.5 Å². The summed E-state index contributed by atoms with van der Waals surface area (Å²) in [7, 11) is 0. The number of hydrogen-bond acceptors (Lipinski definition) is 5. The highest BCUT2D eigenvalue weighted by atomic mass is 16.2. The summed E-state index contributed by atoms with van der Waals surface area (Å²) in [5.41, 5.74) is 6.23. The zero-order valence-electron chi connectivity index (χ0n) is 18.2. The van der Waals surface area contributed by atoms with E-state index in [1.807, 2.05) is 32.3 Å². The molecule has 0 saturated carbocycles. The molecule has 0 spiro atoms. The highest BCUT2D eigenvalue weighted by Crippen LogP contribution is 2.24. The topological polar surface area (TPSA) is 104 Å². The van der Waals surface area contributed by atoms with Gasteiger partial charge in [-0.3, -0.25) is 19.9 Å². The minimum Gasteiger partial charge on any atom is -0.369 e. The maximum absolute atomic E-state index is 13.4. The summed E-state index contributed by atoms with van der Waals surface area (Å²) in [6.07, 6.45) is 11.2. The van der Waals surface area contributed by atoms with Crippen LogP contribution in [0.25, 0.3) is 0 Å². The van der Waals surface area contributed by atoms with Gasteiger partial charge >= 0.3 is 0 Å². The van der Waals surface area contributed by atoms with Crippen LogP contribution < -0.4 is 15.6 Å². The minimum atomic E-state index is -0.858. The predicted molar refractivity (Wildman–Crippen MR) is 116 cm³/mol. The van der Waals surface area contributed by atoms with Crippen LogP contribution in [0.5, 0.6) is 0 Å². The van der Waals surface area contributed by atoms with Gasteiger partial charge in [-0.2, -0.15) is 4.99 Å². The van der Waals surface area contributed by atoms with Gasteiger partial charge in [-0.05, 0) is 26.3 Å². The highest BCUT2D eigenvalue weighted by molar-refractivity contribution is 6.21. The Bertz CT molecular complexity index is 850. The Morgan fingerprint density at radius 2 is 1.97 bits per heavy atom. The van der Waals surface area contributed by atoms with Gasteiger partial charge in [0.25, 0.3) is 11.8 Å². The van der Waals surface area contributed by atoms with Crippen molar-refractivity contribution in [1.29, 1.82) is 0 Å². The van der Waals surface area contributed by atoms with Crippen LogP contribution in [-0.2, 0) is 11.3 Å². The SMILES string of the molecule is CCCCCCCC[n+]1cccc(C(=O)N2C3C(=O)NC(N)=NC3=NC(C)C2C)c1. The number of guanidine groups is 1. The number of amidine groups is 1. The second-order valence-electron chi connectivity index (χ2n) is 8.17. The number of pyridine rings is 1. The number of rotatable bonds is 8. The number of aryl methyl sites for hydroxylation is 1. The second-order valence-corrected chi connectivity index (χ2v) is 8.17. The zero-order chi connectivity index (χ0) is 21.7. The molecule has 2 amide bonds. The number of aromatic nitrogens is 1. The van der Waals surface area contributed by atoms with Crippen molar-refractivity contribution in [3.63, 3.8) is 0 Å². The summed E-state index contributed by atoms with van der Waals surface area (Å²) >= 11 is 0. The van der Waals surface area contributed by atoms with E-state index in [1.165, 1.54) is 32.1 Å². The van der Waals surface area contributed by atoms with Crippen molar-refractivity contribution < 1.29 is 14.2 Å². The van der Waals surface area contributed by atoms with Crippen LogP contribution in [0, 0.1) is 0 Å². The lowest BCUT2D eigenvalue weighted by molar-refractivity contribution is -0.697. The van der Waals surface area contributed by atoms with E-state index < -0.39 is 6.04 Å². The van der Waals surface area contributed by atoms with Gasteiger partial charge in [0.15, 0.2) is 24.3 Å². The van der Waals surface area contributed by atoms with Crippen LogP contribution in [-0.4, -0.2) is 46.6 Å². The standard InChI is InChI=1S/C22H32N6O2/c1-4-5-6-7-8-9-12-27-13-10-11-17(14-27)21(30)28-16(3)15(2)24-19-18(28)20(29)26-22(23)25-19/h10-11,13-16,18H,4-9,12H2,1-3H3,(H2-,23,24,25,26,29)/p+1. The molecular weight excluding hydrogens is 380 g/mol. The van der Waals surface area contributed by atoms with Gasteiger partial charge in [0.2, 0.25) is 5.96 Å². The first-order valence-electron chi connectivity index (χ1n) is 11.0. The molecule has 2 aliphatic heterocycles. The number of hydrogen-bond donors (Lipinski definition) is 2. The van der Waals surface area contributed by atoms with Crippen LogP contribution in [0.3, 0.4) is 0 Å². The Hall–Kier alpha value is -2.77. The molecule has 0 aliphatic carbocycles. The fourth-order valence-corrected chi connectivity index (χ4v) is 3.97. The van der Waals surface area contributed by atoms with E-state index >= 15 is 0 Å². The van der Waals surface area contributed by atoms with Crippen LogP contribution >= 0.6 is 0 Å². The first-order chi connectivity index (χ1) is 14.4. The Labute approximate surface area is 178 Å². The summed E-state index contributed by atoms with van der Waals surface area (Å²) in [6, 6.07) is 2.40. The quantitative estimate of drug-likeness (QED) is 0.501. The number of carbonyl (C=O) groups excluding carboxylic acids is 2. The Balaban J connectivity index is 1.74. The molecular formula is C22H33N6O2+. The third-order valence-electron chi connectivity index (χ3n) is 5.84. The van der Waals surface area contributed by atoms with Gasteiger partial charge in [0.1, 0.15) is 12.1 Å². The van der Waals surface area contributed by atoms with Crippen LogP contribution in [0.1, 0.15) is 69.7 Å². The van der Waals surface area contributed by atoms with Crippen molar-refractivity contribution in [3.8, 4) is 0 Å². The molecule has 0 bridgehead atoms. The molecule has 2 aliphatic rings. The fourth-order valence-electron chi connectivity index (χ4n) is 3.97. The molecule has 3 heterocycles. The molecule has 3 rings (SSSR count). The zero-order valence-corrected chi connectivity index (χ0v) is 18.2. The Kier molecular flexibility index (Phi) is 7.18. The number of unbranched alkanes of at least 4 members (excludes halogenated alkanes) is 5. The third-order valence-corrected chi connectivity index (χ3v) is 5.84. The smallest absolute Gasteiger partial charge is 0.261 e. The highest BCUT2D eigenvalue weighted by Gasteiger charge is 2.45. The van der Waals surface area contributed by atoms with E-state index in [4.69, 9.17) is 5.73 Å². The van der Waals surface area contributed by atoms with Gasteiger partial charge in [0, 0.05) is 12.5 Å². The van der Waals surface area contributed by atoms with E-state index in [1.54, 1.807) is 11.0 Å². The van der Waals surface area contributed by atoms with E-state index in [2.05, 4.69) is 26.8 Å². The normalized spacial score (nSPS) is 23.4. The van der Waals surface area contributed by atoms with Crippen LogP contribution in [0.2, 0.25) is 0 Å². The number of carbonyl (C=O) groups is 2. The first kappa shape index (κ1) is 21.9. The number of nitrogens with one attached hydrogen (secondary N) is 1. The Morgan fingerprint density at radius 1 is 1.23 bits per heavy atom. The maximum Gasteiger partial charge on any atom is 0.261 e. The number of nitrogens with two attached hydrogens (primary N) is 1. The summed E-state index contributed by atoms with van der Waals surface area (Å²) < 4.78 is 2.05. The van der Waals surface area contributed by atoms with E-state index in [9.17, 15) is 9.59 Å². The maximum atomic E-state index is 13.4. The van der Waals surface area contributed by atoms with Gasteiger partial charge in [0.05, 0.1) is 12.1 Å². The summed E-state index contributed by atoms with van der Waals surface area (Å²) in [5, 5.41) is 2.52. The molecule has 162 valence electrons.